The number of pyridine rings is 1. The lowest BCUT2D eigenvalue weighted by Crippen LogP contribution is -2.37. The van der Waals surface area contributed by atoms with Crippen LogP contribution in [0.25, 0.3) is 0 Å². The summed E-state index contributed by atoms with van der Waals surface area (Å²) < 4.78 is 22.6. The Morgan fingerprint density at radius 1 is 1.47 bits per heavy atom. The van der Waals surface area contributed by atoms with Crippen LogP contribution in [0.1, 0.15) is 12.5 Å². The summed E-state index contributed by atoms with van der Waals surface area (Å²) in [7, 11) is 0.337. The average Bonchev–Trinajstić information content (AvgIpc) is 2.34. The predicted molar refractivity (Wildman–Crippen MR) is 74.7 cm³/mol. The van der Waals surface area contributed by atoms with E-state index in [4.69, 9.17) is 0 Å². The van der Waals surface area contributed by atoms with Crippen LogP contribution >= 0.6 is 0 Å². The topological polar surface area (TPSA) is 79.4 Å². The summed E-state index contributed by atoms with van der Waals surface area (Å²) in [6, 6.07) is 3.61. The van der Waals surface area contributed by atoms with Gasteiger partial charge < -0.3 is 10.2 Å². The van der Waals surface area contributed by atoms with Gasteiger partial charge >= 0.3 is 0 Å². The number of nitrogens with zero attached hydrogens (tertiary/aromatic N) is 2. The van der Waals surface area contributed by atoms with Gasteiger partial charge in [-0.25, -0.2) is 13.4 Å². The van der Waals surface area contributed by atoms with Crippen LogP contribution in [0.5, 0.6) is 0 Å². The zero-order valence-electron chi connectivity index (χ0n) is 11.5. The maximum absolute atomic E-state index is 11.7. The van der Waals surface area contributed by atoms with Crippen LogP contribution in [0.4, 0.5) is 5.82 Å². The first-order valence-corrected chi connectivity index (χ1v) is 7.76. The van der Waals surface area contributed by atoms with Crippen molar-refractivity contribution in [2.75, 3.05) is 25.3 Å². The molecular formula is C12H19N3O3S. The van der Waals surface area contributed by atoms with E-state index in [-0.39, 0.29) is 6.54 Å². The molecule has 1 aromatic rings. The van der Waals surface area contributed by atoms with Gasteiger partial charge in [-0.2, -0.15) is 0 Å². The second kappa shape index (κ2) is 6.01. The lowest BCUT2D eigenvalue weighted by atomic mass is 10.2. The second-order valence-corrected chi connectivity index (χ2v) is 6.94. The average molecular weight is 285 g/mol. The van der Waals surface area contributed by atoms with Crippen molar-refractivity contribution in [3.63, 3.8) is 0 Å². The largest absolute Gasteiger partial charge is 0.362 e. The number of rotatable bonds is 5. The molecular weight excluding hydrogens is 266 g/mol. The summed E-state index contributed by atoms with van der Waals surface area (Å²) in [5.41, 5.74) is 0.835. The molecule has 0 unspecified atom stereocenters. The lowest BCUT2D eigenvalue weighted by Gasteiger charge is -2.17. The van der Waals surface area contributed by atoms with E-state index in [1.54, 1.807) is 12.3 Å². The minimum atomic E-state index is -3.37. The van der Waals surface area contributed by atoms with Gasteiger partial charge in [0, 0.05) is 38.7 Å². The smallest absolute Gasteiger partial charge is 0.238 e. The minimum Gasteiger partial charge on any atom is -0.362 e. The standard InChI is InChI=1S/C12H19N3O3S/c1-9(19(4,17)18)12(16)14-8-10-6-5-7-13-11(10)15(2)3/h5-7,9H,8H2,1-4H3,(H,14,16)/t9-/m0/s1. The summed E-state index contributed by atoms with van der Waals surface area (Å²) in [5, 5.41) is 1.57. The van der Waals surface area contributed by atoms with Gasteiger partial charge in [-0.1, -0.05) is 6.07 Å². The number of carbonyl (C=O) groups excluding carboxylic acids is 1. The molecule has 19 heavy (non-hydrogen) atoms. The number of anilines is 1. The molecule has 0 aliphatic rings. The van der Waals surface area contributed by atoms with E-state index < -0.39 is 21.0 Å². The first-order chi connectivity index (χ1) is 8.73. The van der Waals surface area contributed by atoms with E-state index in [1.165, 1.54) is 6.92 Å². The van der Waals surface area contributed by atoms with Gasteiger partial charge in [-0.05, 0) is 13.0 Å². The summed E-state index contributed by atoms with van der Waals surface area (Å²) >= 11 is 0. The number of sulfone groups is 1. The third-order valence-corrected chi connectivity index (χ3v) is 4.25. The molecule has 7 heteroatoms. The fraction of sp³-hybridized carbons (Fsp3) is 0.500. The molecule has 0 spiro atoms. The highest BCUT2D eigenvalue weighted by Gasteiger charge is 2.23. The zero-order chi connectivity index (χ0) is 14.6. The van der Waals surface area contributed by atoms with Gasteiger partial charge in [0.2, 0.25) is 5.91 Å². The number of carbonyl (C=O) groups is 1. The van der Waals surface area contributed by atoms with Crippen LogP contribution in [0.2, 0.25) is 0 Å². The Balaban J connectivity index is 2.76. The fourth-order valence-corrected chi connectivity index (χ4v) is 1.96. The molecule has 0 aromatic carbocycles. The van der Waals surface area contributed by atoms with Crippen molar-refractivity contribution in [2.24, 2.45) is 0 Å². The first kappa shape index (κ1) is 15.4. The van der Waals surface area contributed by atoms with Gasteiger partial charge in [0.05, 0.1) is 0 Å². The monoisotopic (exact) mass is 285 g/mol. The van der Waals surface area contributed by atoms with Crippen molar-refractivity contribution in [3.8, 4) is 0 Å². The molecule has 6 nitrogen and oxygen atoms in total. The fourth-order valence-electron chi connectivity index (χ4n) is 1.49. The highest BCUT2D eigenvalue weighted by molar-refractivity contribution is 7.92. The second-order valence-electron chi connectivity index (χ2n) is 4.57. The third-order valence-electron chi connectivity index (χ3n) is 2.76. The molecule has 0 saturated heterocycles. The van der Waals surface area contributed by atoms with Crippen molar-refractivity contribution in [1.82, 2.24) is 10.3 Å². The summed E-state index contributed by atoms with van der Waals surface area (Å²) in [6.45, 7) is 1.63. The maximum atomic E-state index is 11.7. The Kier molecular flexibility index (Phi) is 4.88. The van der Waals surface area contributed by atoms with Gasteiger partial charge in [-0.3, -0.25) is 4.79 Å². The van der Waals surface area contributed by atoms with Crippen LogP contribution in [0, 0.1) is 0 Å². The molecule has 0 fully saturated rings. The van der Waals surface area contributed by atoms with E-state index in [0.29, 0.717) is 0 Å². The Labute approximate surface area is 113 Å². The summed E-state index contributed by atoms with van der Waals surface area (Å²) in [6.07, 6.45) is 2.71. The number of hydrogen-bond acceptors (Lipinski definition) is 5. The van der Waals surface area contributed by atoms with Crippen LogP contribution in [0.15, 0.2) is 18.3 Å². The van der Waals surface area contributed by atoms with E-state index >= 15 is 0 Å². The van der Waals surface area contributed by atoms with Gasteiger partial charge in [-0.15, -0.1) is 0 Å². The highest BCUT2D eigenvalue weighted by atomic mass is 32.2. The summed E-state index contributed by atoms with van der Waals surface area (Å²) in [5.74, 6) is 0.242. The van der Waals surface area contributed by atoms with Gasteiger partial charge in [0.15, 0.2) is 9.84 Å². The van der Waals surface area contributed by atoms with Gasteiger partial charge in [0.25, 0.3) is 0 Å². The molecule has 1 amide bonds. The maximum Gasteiger partial charge on any atom is 0.238 e. The Morgan fingerprint density at radius 2 is 2.11 bits per heavy atom. The molecule has 0 aliphatic heterocycles. The summed E-state index contributed by atoms with van der Waals surface area (Å²) in [4.78, 5) is 17.8. The molecule has 0 bridgehead atoms. The molecule has 1 atom stereocenters. The number of aromatic nitrogens is 1. The minimum absolute atomic E-state index is 0.250. The Morgan fingerprint density at radius 3 is 2.63 bits per heavy atom. The van der Waals surface area contributed by atoms with Crippen molar-refractivity contribution >= 4 is 21.6 Å². The highest BCUT2D eigenvalue weighted by Crippen LogP contribution is 2.14. The van der Waals surface area contributed by atoms with Crippen LogP contribution < -0.4 is 10.2 Å². The van der Waals surface area contributed by atoms with Crippen molar-refractivity contribution in [2.45, 2.75) is 18.7 Å². The molecule has 1 rings (SSSR count). The van der Waals surface area contributed by atoms with E-state index in [9.17, 15) is 13.2 Å². The number of hydrogen-bond donors (Lipinski definition) is 1. The first-order valence-electron chi connectivity index (χ1n) is 5.81. The van der Waals surface area contributed by atoms with Crippen LogP contribution in [-0.4, -0.2) is 44.9 Å². The molecule has 0 aliphatic carbocycles. The van der Waals surface area contributed by atoms with Gasteiger partial charge in [0.1, 0.15) is 11.1 Å². The predicted octanol–water partition coefficient (Wildman–Crippen LogP) is 0.197. The third kappa shape index (κ3) is 4.20. The van der Waals surface area contributed by atoms with Crippen LogP contribution in [-0.2, 0) is 21.2 Å². The Hall–Kier alpha value is -1.63. The lowest BCUT2D eigenvalue weighted by molar-refractivity contribution is -0.120. The molecule has 1 aromatic heterocycles. The molecule has 1 heterocycles. The Bertz CT molecular complexity index is 555. The molecule has 106 valence electrons. The van der Waals surface area contributed by atoms with E-state index in [0.717, 1.165) is 17.6 Å². The quantitative estimate of drug-likeness (QED) is 0.836. The zero-order valence-corrected chi connectivity index (χ0v) is 12.4. The molecule has 0 saturated carbocycles. The number of nitrogens with one attached hydrogen (secondary N) is 1. The normalized spacial score (nSPS) is 12.8. The molecule has 0 radical (unpaired) electrons. The molecule has 1 N–H and O–H groups in total. The van der Waals surface area contributed by atoms with Crippen molar-refractivity contribution in [1.29, 1.82) is 0 Å². The van der Waals surface area contributed by atoms with Crippen molar-refractivity contribution in [3.05, 3.63) is 23.9 Å². The van der Waals surface area contributed by atoms with E-state index in [2.05, 4.69) is 10.3 Å². The van der Waals surface area contributed by atoms with Crippen molar-refractivity contribution < 1.29 is 13.2 Å². The van der Waals surface area contributed by atoms with Crippen LogP contribution in [0.3, 0.4) is 0 Å². The van der Waals surface area contributed by atoms with E-state index in [1.807, 2.05) is 25.1 Å². The SMILES string of the molecule is C[C@@H](C(=O)NCc1cccnc1N(C)C)S(C)(=O)=O. The number of amides is 1.